The number of aliphatic hydroxyl groups is 1. The highest BCUT2D eigenvalue weighted by Gasteiger charge is 2.23. The van der Waals surface area contributed by atoms with Gasteiger partial charge in [0.1, 0.15) is 11.9 Å². The number of hydrogen-bond donors (Lipinski definition) is 1. The van der Waals surface area contributed by atoms with E-state index >= 15 is 0 Å². The average Bonchev–Trinajstić information content (AvgIpc) is 2.47. The Hall–Kier alpha value is -1.73. The standard InChI is InChI=1S/C15H20F2N2O3/c1-11(20)14(21)19-7-5-18(6-8-19)10-12-3-2-4-13(9-12)22-15(16)17/h2-4,9,11,15,20H,5-8,10H2,1H3. The van der Waals surface area contributed by atoms with Gasteiger partial charge in [-0.25, -0.2) is 0 Å². The predicted molar refractivity (Wildman–Crippen MR) is 76.6 cm³/mol. The third kappa shape index (κ3) is 4.64. The molecule has 1 atom stereocenters. The number of piperazine rings is 1. The zero-order chi connectivity index (χ0) is 16.1. The van der Waals surface area contributed by atoms with Crippen LogP contribution in [0.25, 0.3) is 0 Å². The van der Waals surface area contributed by atoms with E-state index in [0.717, 1.165) is 5.56 Å². The molecule has 1 amide bonds. The molecule has 1 unspecified atom stereocenters. The van der Waals surface area contributed by atoms with Crippen molar-refractivity contribution >= 4 is 5.91 Å². The molecule has 1 heterocycles. The predicted octanol–water partition coefficient (Wildman–Crippen LogP) is 1.31. The first kappa shape index (κ1) is 16.6. The zero-order valence-electron chi connectivity index (χ0n) is 12.4. The number of halogens is 2. The second-order valence-corrected chi connectivity index (χ2v) is 5.30. The van der Waals surface area contributed by atoms with Gasteiger partial charge >= 0.3 is 6.61 Å². The van der Waals surface area contributed by atoms with Crippen molar-refractivity contribution in [3.05, 3.63) is 29.8 Å². The summed E-state index contributed by atoms with van der Waals surface area (Å²) in [6, 6.07) is 6.63. The van der Waals surface area contributed by atoms with Gasteiger partial charge in [0.2, 0.25) is 0 Å². The number of aliphatic hydroxyl groups excluding tert-OH is 1. The molecular formula is C15H20F2N2O3. The lowest BCUT2D eigenvalue weighted by atomic mass is 10.2. The fraction of sp³-hybridized carbons (Fsp3) is 0.533. The summed E-state index contributed by atoms with van der Waals surface area (Å²) >= 11 is 0. The van der Waals surface area contributed by atoms with Crippen molar-refractivity contribution < 1.29 is 23.4 Å². The van der Waals surface area contributed by atoms with E-state index in [4.69, 9.17) is 0 Å². The van der Waals surface area contributed by atoms with Crippen molar-refractivity contribution in [3.8, 4) is 5.75 Å². The van der Waals surface area contributed by atoms with Crippen molar-refractivity contribution in [1.29, 1.82) is 0 Å². The van der Waals surface area contributed by atoms with Crippen LogP contribution >= 0.6 is 0 Å². The molecule has 122 valence electrons. The molecule has 1 N–H and O–H groups in total. The molecule has 0 aromatic heterocycles. The summed E-state index contributed by atoms with van der Waals surface area (Å²) in [5, 5.41) is 9.30. The van der Waals surface area contributed by atoms with Crippen LogP contribution in [0, 0.1) is 0 Å². The average molecular weight is 314 g/mol. The summed E-state index contributed by atoms with van der Waals surface area (Å²) in [6.07, 6.45) is -0.977. The molecule has 0 aliphatic carbocycles. The Labute approximate surface area is 128 Å². The summed E-state index contributed by atoms with van der Waals surface area (Å²) in [4.78, 5) is 15.4. The van der Waals surface area contributed by atoms with Crippen LogP contribution in [-0.2, 0) is 11.3 Å². The second kappa shape index (κ2) is 7.51. The molecule has 2 rings (SSSR count). The van der Waals surface area contributed by atoms with Crippen LogP contribution in [0.15, 0.2) is 24.3 Å². The Morgan fingerprint density at radius 1 is 1.32 bits per heavy atom. The van der Waals surface area contributed by atoms with Crippen LogP contribution in [0.4, 0.5) is 8.78 Å². The highest BCUT2D eigenvalue weighted by Crippen LogP contribution is 2.18. The lowest BCUT2D eigenvalue weighted by Gasteiger charge is -2.35. The highest BCUT2D eigenvalue weighted by atomic mass is 19.3. The van der Waals surface area contributed by atoms with Gasteiger partial charge in [0.25, 0.3) is 5.91 Å². The maximum atomic E-state index is 12.2. The van der Waals surface area contributed by atoms with E-state index in [-0.39, 0.29) is 11.7 Å². The topological polar surface area (TPSA) is 53.0 Å². The van der Waals surface area contributed by atoms with Crippen molar-refractivity contribution in [1.82, 2.24) is 9.80 Å². The zero-order valence-corrected chi connectivity index (χ0v) is 12.4. The summed E-state index contributed by atoms with van der Waals surface area (Å²) < 4.78 is 28.8. The van der Waals surface area contributed by atoms with Crippen molar-refractivity contribution in [2.75, 3.05) is 26.2 Å². The summed E-state index contributed by atoms with van der Waals surface area (Å²) in [6.45, 7) is 1.70. The Morgan fingerprint density at radius 3 is 2.59 bits per heavy atom. The summed E-state index contributed by atoms with van der Waals surface area (Å²) in [5.74, 6) is -0.109. The Balaban J connectivity index is 1.87. The van der Waals surface area contributed by atoms with Crippen molar-refractivity contribution in [2.24, 2.45) is 0 Å². The first-order valence-electron chi connectivity index (χ1n) is 7.18. The minimum atomic E-state index is -2.83. The fourth-order valence-electron chi connectivity index (χ4n) is 2.47. The Morgan fingerprint density at radius 2 is 2.00 bits per heavy atom. The number of amides is 1. The van der Waals surface area contributed by atoms with Crippen LogP contribution < -0.4 is 4.74 Å². The van der Waals surface area contributed by atoms with E-state index in [1.54, 1.807) is 17.0 Å². The number of rotatable bonds is 5. The molecule has 0 radical (unpaired) electrons. The Bertz CT molecular complexity index is 503. The molecule has 0 bridgehead atoms. The number of carbonyl (C=O) groups is 1. The molecule has 1 aromatic carbocycles. The number of hydrogen-bond acceptors (Lipinski definition) is 4. The summed E-state index contributed by atoms with van der Waals surface area (Å²) in [7, 11) is 0. The molecular weight excluding hydrogens is 294 g/mol. The molecule has 5 nitrogen and oxygen atoms in total. The summed E-state index contributed by atoms with van der Waals surface area (Å²) in [5.41, 5.74) is 0.883. The van der Waals surface area contributed by atoms with Gasteiger partial charge in [-0.1, -0.05) is 12.1 Å². The van der Waals surface area contributed by atoms with Crippen LogP contribution in [-0.4, -0.2) is 59.7 Å². The quantitative estimate of drug-likeness (QED) is 0.890. The van der Waals surface area contributed by atoms with E-state index in [9.17, 15) is 18.7 Å². The minimum Gasteiger partial charge on any atom is -0.435 e. The molecule has 22 heavy (non-hydrogen) atoms. The van der Waals surface area contributed by atoms with E-state index in [1.807, 2.05) is 6.07 Å². The van der Waals surface area contributed by atoms with E-state index in [1.165, 1.54) is 13.0 Å². The van der Waals surface area contributed by atoms with E-state index in [0.29, 0.717) is 32.7 Å². The molecule has 1 aliphatic rings. The lowest BCUT2D eigenvalue weighted by Crippen LogP contribution is -2.50. The number of ether oxygens (including phenoxy) is 1. The first-order valence-corrected chi connectivity index (χ1v) is 7.18. The van der Waals surface area contributed by atoms with Crippen LogP contribution in [0.5, 0.6) is 5.75 Å². The molecule has 1 aromatic rings. The number of carbonyl (C=O) groups excluding carboxylic acids is 1. The number of alkyl halides is 2. The smallest absolute Gasteiger partial charge is 0.387 e. The molecule has 1 fully saturated rings. The number of nitrogens with zero attached hydrogens (tertiary/aromatic N) is 2. The fourth-order valence-corrected chi connectivity index (χ4v) is 2.47. The Kier molecular flexibility index (Phi) is 5.68. The van der Waals surface area contributed by atoms with Gasteiger partial charge in [0.15, 0.2) is 0 Å². The van der Waals surface area contributed by atoms with Gasteiger partial charge in [0, 0.05) is 32.7 Å². The monoisotopic (exact) mass is 314 g/mol. The van der Waals surface area contributed by atoms with Gasteiger partial charge in [-0.15, -0.1) is 0 Å². The highest BCUT2D eigenvalue weighted by molar-refractivity contribution is 5.80. The van der Waals surface area contributed by atoms with Gasteiger partial charge in [0.05, 0.1) is 0 Å². The third-order valence-electron chi connectivity index (χ3n) is 3.57. The van der Waals surface area contributed by atoms with Crippen molar-refractivity contribution in [2.45, 2.75) is 26.2 Å². The van der Waals surface area contributed by atoms with Crippen molar-refractivity contribution in [3.63, 3.8) is 0 Å². The van der Waals surface area contributed by atoms with Gasteiger partial charge in [-0.2, -0.15) is 8.78 Å². The molecule has 1 saturated heterocycles. The molecule has 1 aliphatic heterocycles. The van der Waals surface area contributed by atoms with Gasteiger partial charge < -0.3 is 14.7 Å². The van der Waals surface area contributed by atoms with Crippen LogP contribution in [0.2, 0.25) is 0 Å². The second-order valence-electron chi connectivity index (χ2n) is 5.30. The maximum absolute atomic E-state index is 12.2. The van der Waals surface area contributed by atoms with Gasteiger partial charge in [-0.05, 0) is 24.6 Å². The molecule has 7 heteroatoms. The largest absolute Gasteiger partial charge is 0.435 e. The van der Waals surface area contributed by atoms with E-state index in [2.05, 4.69) is 9.64 Å². The van der Waals surface area contributed by atoms with Crippen LogP contribution in [0.1, 0.15) is 12.5 Å². The first-order chi connectivity index (χ1) is 10.5. The molecule has 0 saturated carbocycles. The van der Waals surface area contributed by atoms with Gasteiger partial charge in [-0.3, -0.25) is 9.69 Å². The maximum Gasteiger partial charge on any atom is 0.387 e. The van der Waals surface area contributed by atoms with Crippen LogP contribution in [0.3, 0.4) is 0 Å². The third-order valence-corrected chi connectivity index (χ3v) is 3.57. The normalized spacial score (nSPS) is 17.6. The molecule has 0 spiro atoms. The number of benzene rings is 1. The minimum absolute atomic E-state index is 0.149. The SMILES string of the molecule is CC(O)C(=O)N1CCN(Cc2cccc(OC(F)F)c2)CC1. The van der Waals surface area contributed by atoms with E-state index < -0.39 is 12.7 Å². The lowest BCUT2D eigenvalue weighted by molar-refractivity contribution is -0.141.